The minimum atomic E-state index is -0.952. The Morgan fingerprint density at radius 2 is 1.84 bits per heavy atom. The number of hydrogen-bond acceptors (Lipinski definition) is 2. The van der Waals surface area contributed by atoms with Gasteiger partial charge in [-0.3, -0.25) is 9.59 Å². The van der Waals surface area contributed by atoms with Crippen molar-refractivity contribution in [2.24, 2.45) is 5.41 Å². The van der Waals surface area contributed by atoms with E-state index < -0.39 is 5.41 Å². The zero-order valence-corrected chi connectivity index (χ0v) is 14.4. The number of amides is 2. The Morgan fingerprint density at radius 1 is 1.08 bits per heavy atom. The molecule has 3 rings (SSSR count). The normalized spacial score (nSPS) is 18.2. The lowest BCUT2D eigenvalue weighted by Gasteiger charge is -2.17. The van der Waals surface area contributed by atoms with Gasteiger partial charge in [0.2, 0.25) is 11.8 Å². The molecule has 25 heavy (non-hydrogen) atoms. The van der Waals surface area contributed by atoms with E-state index in [0.717, 1.165) is 19.3 Å². The van der Waals surface area contributed by atoms with Crippen molar-refractivity contribution in [1.29, 1.82) is 0 Å². The molecule has 2 aliphatic carbocycles. The van der Waals surface area contributed by atoms with Gasteiger partial charge in [0.1, 0.15) is 11.2 Å². The summed E-state index contributed by atoms with van der Waals surface area (Å²) in [4.78, 5) is 24.8. The number of benzene rings is 1. The van der Waals surface area contributed by atoms with E-state index in [2.05, 4.69) is 16.7 Å². The predicted octanol–water partition coefficient (Wildman–Crippen LogP) is 3.23. The first-order valence-electron chi connectivity index (χ1n) is 9.10. The molecule has 0 saturated heterocycles. The van der Waals surface area contributed by atoms with Crippen LogP contribution in [0.1, 0.15) is 50.5 Å². The van der Waals surface area contributed by atoms with Crippen molar-refractivity contribution in [3.8, 4) is 0 Å². The molecule has 2 N–H and O–H groups in total. The molecule has 5 heteroatoms. The van der Waals surface area contributed by atoms with Gasteiger partial charge in [0.05, 0.1) is 0 Å². The minimum Gasteiger partial charge on any atom is -0.355 e. The van der Waals surface area contributed by atoms with E-state index in [9.17, 15) is 14.0 Å². The summed E-state index contributed by atoms with van der Waals surface area (Å²) in [7, 11) is 0. The quantitative estimate of drug-likeness (QED) is 0.589. The van der Waals surface area contributed by atoms with Gasteiger partial charge in [-0.15, -0.1) is 0 Å². The molecule has 1 aromatic carbocycles. The molecular weight excluding hydrogens is 319 g/mol. The molecule has 2 amide bonds. The highest BCUT2D eigenvalue weighted by atomic mass is 19.1. The average molecular weight is 344 g/mol. The number of carbonyl (C=O) groups excluding carboxylic acids is 2. The highest BCUT2D eigenvalue weighted by Gasteiger charge is 2.56. The summed E-state index contributed by atoms with van der Waals surface area (Å²) < 4.78 is 13.6. The summed E-state index contributed by atoms with van der Waals surface area (Å²) in [6.45, 7) is 0.681. The van der Waals surface area contributed by atoms with Crippen LogP contribution in [0.5, 0.6) is 0 Å². The molecule has 0 spiro atoms. The molecule has 0 aliphatic heterocycles. The number of carbonyl (C=O) groups is 2. The molecule has 0 radical (unpaired) electrons. The van der Waals surface area contributed by atoms with Gasteiger partial charge in [-0.25, -0.2) is 4.39 Å². The molecular formula is C20H25FN2O2. The van der Waals surface area contributed by atoms with Crippen molar-refractivity contribution < 1.29 is 14.0 Å². The van der Waals surface area contributed by atoms with E-state index in [-0.39, 0.29) is 24.2 Å². The van der Waals surface area contributed by atoms with E-state index >= 15 is 0 Å². The number of halogens is 1. The Balaban J connectivity index is 1.47. The molecule has 4 nitrogen and oxygen atoms in total. The van der Waals surface area contributed by atoms with Gasteiger partial charge in [0, 0.05) is 18.7 Å². The highest BCUT2D eigenvalue weighted by Crippen LogP contribution is 2.46. The molecule has 1 saturated carbocycles. The lowest BCUT2D eigenvalue weighted by molar-refractivity contribution is -0.137. The Morgan fingerprint density at radius 3 is 2.52 bits per heavy atom. The molecule has 0 aromatic heterocycles. The third kappa shape index (κ3) is 4.27. The van der Waals surface area contributed by atoms with E-state index in [1.807, 2.05) is 0 Å². The van der Waals surface area contributed by atoms with Crippen LogP contribution in [0.2, 0.25) is 0 Å². The summed E-state index contributed by atoms with van der Waals surface area (Å²) in [6, 6.07) is 6.33. The van der Waals surface area contributed by atoms with Crippen LogP contribution >= 0.6 is 0 Å². The van der Waals surface area contributed by atoms with Crippen molar-refractivity contribution >= 4 is 11.8 Å². The van der Waals surface area contributed by atoms with Gasteiger partial charge in [0.25, 0.3) is 0 Å². The lowest BCUT2D eigenvalue weighted by Crippen LogP contribution is -2.43. The van der Waals surface area contributed by atoms with Crippen LogP contribution in [0, 0.1) is 11.2 Å². The van der Waals surface area contributed by atoms with Crippen molar-refractivity contribution in [3.05, 3.63) is 47.3 Å². The van der Waals surface area contributed by atoms with E-state index in [1.54, 1.807) is 18.2 Å². The number of rotatable bonds is 7. The zero-order valence-electron chi connectivity index (χ0n) is 14.4. The van der Waals surface area contributed by atoms with E-state index in [0.29, 0.717) is 24.9 Å². The summed E-state index contributed by atoms with van der Waals surface area (Å²) in [5.74, 6) is -0.849. The van der Waals surface area contributed by atoms with Gasteiger partial charge in [-0.2, -0.15) is 0 Å². The lowest BCUT2D eigenvalue weighted by atomic mass is 9.97. The number of hydrogen-bond donors (Lipinski definition) is 2. The highest BCUT2D eigenvalue weighted by molar-refractivity contribution is 6.07. The number of nitrogens with one attached hydrogen (secondary N) is 2. The molecule has 2 aliphatic rings. The maximum Gasteiger partial charge on any atom is 0.235 e. The van der Waals surface area contributed by atoms with Crippen LogP contribution in [-0.4, -0.2) is 18.4 Å². The van der Waals surface area contributed by atoms with Gasteiger partial charge in [-0.1, -0.05) is 29.8 Å². The van der Waals surface area contributed by atoms with Gasteiger partial charge in [-0.05, 0) is 51.0 Å². The molecule has 0 atom stereocenters. The molecule has 1 fully saturated rings. The Kier molecular flexibility index (Phi) is 5.51. The average Bonchev–Trinajstić information content (AvgIpc) is 3.44. The fourth-order valence-electron chi connectivity index (χ4n) is 3.31. The molecule has 134 valence electrons. The van der Waals surface area contributed by atoms with Crippen LogP contribution < -0.4 is 10.6 Å². The van der Waals surface area contributed by atoms with Crippen molar-refractivity contribution in [2.45, 2.75) is 51.5 Å². The third-order valence-corrected chi connectivity index (χ3v) is 5.13. The van der Waals surface area contributed by atoms with Crippen LogP contribution in [0.15, 0.2) is 35.9 Å². The van der Waals surface area contributed by atoms with Crippen LogP contribution in [-0.2, 0) is 16.1 Å². The molecule has 1 aromatic rings. The zero-order chi connectivity index (χ0) is 17.7. The van der Waals surface area contributed by atoms with Crippen molar-refractivity contribution in [2.75, 3.05) is 6.54 Å². The van der Waals surface area contributed by atoms with E-state index in [1.165, 1.54) is 24.5 Å². The summed E-state index contributed by atoms with van der Waals surface area (Å²) in [6.07, 6.45) is 8.97. The van der Waals surface area contributed by atoms with Crippen molar-refractivity contribution in [1.82, 2.24) is 10.6 Å². The second-order valence-electron chi connectivity index (χ2n) is 6.97. The van der Waals surface area contributed by atoms with E-state index in [4.69, 9.17) is 0 Å². The third-order valence-electron chi connectivity index (χ3n) is 5.13. The molecule has 0 bridgehead atoms. The molecule has 0 heterocycles. The monoisotopic (exact) mass is 344 g/mol. The maximum atomic E-state index is 13.6. The fraction of sp³-hybridized carbons (Fsp3) is 0.500. The second kappa shape index (κ2) is 7.81. The Bertz CT molecular complexity index is 680. The number of allylic oxidation sites excluding steroid dienone is 1. The smallest absolute Gasteiger partial charge is 0.235 e. The Hall–Kier alpha value is -2.17. The summed E-state index contributed by atoms with van der Waals surface area (Å²) in [5.41, 5.74) is 0.878. The fourth-order valence-corrected chi connectivity index (χ4v) is 3.31. The second-order valence-corrected chi connectivity index (χ2v) is 6.97. The van der Waals surface area contributed by atoms with Crippen LogP contribution in [0.3, 0.4) is 0 Å². The first-order valence-corrected chi connectivity index (χ1v) is 9.10. The van der Waals surface area contributed by atoms with Gasteiger partial charge < -0.3 is 10.6 Å². The largest absolute Gasteiger partial charge is 0.355 e. The Labute approximate surface area is 147 Å². The summed E-state index contributed by atoms with van der Waals surface area (Å²) >= 11 is 0. The summed E-state index contributed by atoms with van der Waals surface area (Å²) in [5, 5.41) is 5.62. The topological polar surface area (TPSA) is 58.2 Å². The van der Waals surface area contributed by atoms with Gasteiger partial charge in [0.15, 0.2) is 0 Å². The molecule has 0 unspecified atom stereocenters. The first kappa shape index (κ1) is 17.6. The first-order chi connectivity index (χ1) is 12.1. The maximum absolute atomic E-state index is 13.6. The SMILES string of the molecule is O=C(NCCC1=CCCCC1)C1(C(=O)NCc2ccccc2F)CC1. The van der Waals surface area contributed by atoms with Crippen LogP contribution in [0.4, 0.5) is 4.39 Å². The predicted molar refractivity (Wildman–Crippen MR) is 94.1 cm³/mol. The van der Waals surface area contributed by atoms with Gasteiger partial charge >= 0.3 is 0 Å². The minimum absolute atomic E-state index is 0.105. The van der Waals surface area contributed by atoms with Crippen molar-refractivity contribution in [3.63, 3.8) is 0 Å². The van der Waals surface area contributed by atoms with Crippen LogP contribution in [0.25, 0.3) is 0 Å². The standard InChI is InChI=1S/C20H25FN2O2/c21-17-9-5-4-8-16(17)14-23-19(25)20(11-12-20)18(24)22-13-10-15-6-2-1-3-7-15/h4-6,8-9H,1-3,7,10-14H2,(H,22,24)(H,23,25).